The van der Waals surface area contributed by atoms with Crippen molar-refractivity contribution in [2.45, 2.75) is 121 Å². The number of carboxylic acids is 1. The molecule has 0 aromatic carbocycles. The van der Waals surface area contributed by atoms with Gasteiger partial charge in [-0.1, -0.05) is 24.4 Å². The Kier molecular flexibility index (Phi) is 11.6. The smallest absolute Gasteiger partial charge is 0.415 e. The van der Waals surface area contributed by atoms with Gasteiger partial charge in [0.15, 0.2) is 17.7 Å². The van der Waals surface area contributed by atoms with Crippen molar-refractivity contribution in [1.29, 1.82) is 0 Å². The maximum Gasteiger partial charge on any atom is 0.415 e. The highest BCUT2D eigenvalue weighted by Crippen LogP contribution is 2.61. The molecule has 18 heteroatoms. The molecule has 3 fully saturated rings. The third-order valence-electron chi connectivity index (χ3n) is 8.62. The number of methoxy groups -OCH3 is 1. The Bertz CT molecular complexity index is 1580. The Balaban J connectivity index is 1.52. The van der Waals surface area contributed by atoms with E-state index in [-0.39, 0.29) is 24.4 Å². The number of carbonyl (C=O) groups is 2. The minimum absolute atomic E-state index is 0.104. The molecule has 0 radical (unpaired) electrons. The Morgan fingerprint density at radius 1 is 1.14 bits per heavy atom. The highest BCUT2D eigenvalue weighted by molar-refractivity contribution is 7.56. The number of anilines is 1. The molecule has 2 aromatic rings. The van der Waals surface area contributed by atoms with Gasteiger partial charge in [-0.15, -0.1) is 0 Å². The molecule has 2 saturated heterocycles. The van der Waals surface area contributed by atoms with E-state index in [2.05, 4.69) is 10.1 Å². The van der Waals surface area contributed by atoms with Crippen LogP contribution >= 0.6 is 19.2 Å². The highest BCUT2D eigenvalue weighted by Gasteiger charge is 2.62. The molecule has 280 valence electrons. The number of halogens is 1. The summed E-state index contributed by atoms with van der Waals surface area (Å²) in [4.78, 5) is 32.7. The van der Waals surface area contributed by atoms with Crippen LogP contribution in [0.1, 0.15) is 80.4 Å². The number of pyridine rings is 1. The number of carboxylic acid groups (broad SMARTS) is 1. The Labute approximate surface area is 296 Å². The zero-order valence-corrected chi connectivity index (χ0v) is 31.4. The summed E-state index contributed by atoms with van der Waals surface area (Å²) in [5.41, 5.74) is 0.0821. The lowest BCUT2D eigenvalue weighted by atomic mass is 10.1. The van der Waals surface area contributed by atoms with E-state index in [0.717, 1.165) is 25.7 Å². The van der Waals surface area contributed by atoms with E-state index >= 15 is 0 Å². The van der Waals surface area contributed by atoms with Crippen LogP contribution < -0.4 is 4.90 Å². The summed E-state index contributed by atoms with van der Waals surface area (Å²) >= 11 is 6.62. The monoisotopic (exact) mass is 746 g/mol. The van der Waals surface area contributed by atoms with Crippen molar-refractivity contribution in [1.82, 2.24) is 14.8 Å². The third kappa shape index (κ3) is 7.55. The summed E-state index contributed by atoms with van der Waals surface area (Å²) in [5, 5.41) is 13.1. The molecule has 1 saturated carbocycles. The molecule has 4 heterocycles. The van der Waals surface area contributed by atoms with Gasteiger partial charge >= 0.3 is 19.7 Å². The average Bonchev–Trinajstić information content (AvgIpc) is 3.79. The van der Waals surface area contributed by atoms with Crippen molar-refractivity contribution in [2.24, 2.45) is 0 Å². The van der Waals surface area contributed by atoms with Gasteiger partial charge in [0, 0.05) is 19.2 Å². The lowest BCUT2D eigenvalue weighted by Crippen LogP contribution is -2.49. The summed E-state index contributed by atoms with van der Waals surface area (Å²) in [6.07, 6.45) is 1.16. The number of ether oxygens (including phenoxy) is 6. The minimum Gasteiger partial charge on any atom is -0.479 e. The number of aliphatic carboxylic acids is 1. The van der Waals surface area contributed by atoms with Crippen molar-refractivity contribution in [3.8, 4) is 0 Å². The SMILES string of the molecule is CCOP(=O)(OCC)C(COC)(OC[C@H]1O[C@@H](n2ncc3c(N(C(=O)OC(C)(C)C)C4CCCC4)cc(Cl)nc32)[C@@H]2OC(C)(C)O[C@@H]21)C(=O)O. The normalized spacial score (nSPS) is 25.1. The number of aromatic nitrogens is 3. The van der Waals surface area contributed by atoms with Crippen LogP contribution in [0.3, 0.4) is 0 Å². The van der Waals surface area contributed by atoms with Gasteiger partial charge in [-0.25, -0.2) is 19.3 Å². The number of carbonyl (C=O) groups excluding carboxylic acids is 1. The minimum atomic E-state index is -4.45. The van der Waals surface area contributed by atoms with E-state index in [4.69, 9.17) is 49.1 Å². The quantitative estimate of drug-likeness (QED) is 0.178. The maximum atomic E-state index is 13.9. The van der Waals surface area contributed by atoms with Gasteiger partial charge in [-0.3, -0.25) is 9.46 Å². The standard InChI is InChI=1S/C32H48ClN4O12P/c1-9-44-50(41,45-10-2)32(18-42-8,28(38)39)43-17-22-24-25(48-31(6,7)47-24)27(46-22)37-26-20(16-34-37)21(15-23(33)35-26)36(19-13-11-12-14-19)29(40)49-30(3,4)5/h15-16,19,22,24-25,27H,9-14,17-18H2,1-8H3,(H,38,39)/t22-,24-,25-,27-,32?/m1/s1. The summed E-state index contributed by atoms with van der Waals surface area (Å²) in [6, 6.07) is 1.52. The summed E-state index contributed by atoms with van der Waals surface area (Å²) in [7, 11) is -3.20. The van der Waals surface area contributed by atoms with Crippen molar-refractivity contribution < 1.29 is 56.7 Å². The van der Waals surface area contributed by atoms with Crippen LogP contribution in [-0.4, -0.2) is 107 Å². The molecule has 5 rings (SSSR count). The van der Waals surface area contributed by atoms with E-state index in [1.165, 1.54) is 11.8 Å². The first kappa shape index (κ1) is 38.8. The molecule has 50 heavy (non-hydrogen) atoms. The van der Waals surface area contributed by atoms with Crippen LogP contribution in [0.5, 0.6) is 0 Å². The van der Waals surface area contributed by atoms with Gasteiger partial charge in [0.2, 0.25) is 0 Å². The fourth-order valence-corrected chi connectivity index (χ4v) is 8.82. The first-order valence-electron chi connectivity index (χ1n) is 16.8. The molecule has 1 unspecified atom stereocenters. The predicted molar refractivity (Wildman–Crippen MR) is 180 cm³/mol. The fraction of sp³-hybridized carbons (Fsp3) is 0.750. The van der Waals surface area contributed by atoms with Crippen LogP contribution in [0.2, 0.25) is 5.15 Å². The number of rotatable bonds is 14. The second kappa shape index (κ2) is 14.9. The Hall–Kier alpha value is -2.40. The molecule has 5 atom stereocenters. The van der Waals surface area contributed by atoms with Crippen LogP contribution in [0.15, 0.2) is 12.3 Å². The highest BCUT2D eigenvalue weighted by atomic mass is 35.5. The molecule has 3 aliphatic rings. The van der Waals surface area contributed by atoms with Crippen molar-refractivity contribution in [2.75, 3.05) is 38.4 Å². The maximum absolute atomic E-state index is 13.9. The van der Waals surface area contributed by atoms with Crippen molar-refractivity contribution in [3.63, 3.8) is 0 Å². The average molecular weight is 747 g/mol. The van der Waals surface area contributed by atoms with E-state index < -0.39 is 74.1 Å². The summed E-state index contributed by atoms with van der Waals surface area (Å²) in [6.45, 7) is 10.8. The lowest BCUT2D eigenvalue weighted by Gasteiger charge is -2.35. The number of hydrogen-bond donors (Lipinski definition) is 1. The van der Waals surface area contributed by atoms with E-state index in [1.807, 2.05) is 20.8 Å². The van der Waals surface area contributed by atoms with Gasteiger partial charge in [0.05, 0.1) is 43.7 Å². The molecule has 2 aromatic heterocycles. The van der Waals surface area contributed by atoms with Gasteiger partial charge in [-0.05, 0) is 61.3 Å². The Morgan fingerprint density at radius 2 is 1.78 bits per heavy atom. The molecule has 1 N–H and O–H groups in total. The molecule has 16 nitrogen and oxygen atoms in total. The molecule has 1 aliphatic carbocycles. The van der Waals surface area contributed by atoms with Crippen LogP contribution in [-0.2, 0) is 46.8 Å². The van der Waals surface area contributed by atoms with Gasteiger partial charge in [0.25, 0.3) is 5.34 Å². The topological polar surface area (TPSA) is 179 Å². The molecule has 0 bridgehead atoms. The summed E-state index contributed by atoms with van der Waals surface area (Å²) < 4.78 is 62.2. The van der Waals surface area contributed by atoms with Crippen molar-refractivity contribution in [3.05, 3.63) is 17.4 Å². The molecule has 1 amide bonds. The van der Waals surface area contributed by atoms with Crippen LogP contribution in [0.25, 0.3) is 11.0 Å². The first-order valence-corrected chi connectivity index (χ1v) is 18.7. The Morgan fingerprint density at radius 3 is 2.36 bits per heavy atom. The largest absolute Gasteiger partial charge is 0.479 e. The van der Waals surface area contributed by atoms with E-state index in [9.17, 15) is 19.3 Å². The van der Waals surface area contributed by atoms with Crippen molar-refractivity contribution >= 4 is 48.0 Å². The third-order valence-corrected chi connectivity index (χ3v) is 11.3. The molecular weight excluding hydrogens is 699 g/mol. The zero-order chi connectivity index (χ0) is 36.6. The zero-order valence-electron chi connectivity index (χ0n) is 29.8. The fourth-order valence-electron chi connectivity index (χ4n) is 6.71. The second-order valence-electron chi connectivity index (χ2n) is 13.9. The first-order chi connectivity index (χ1) is 23.5. The second-order valence-corrected chi connectivity index (χ2v) is 16.5. The van der Waals surface area contributed by atoms with Crippen LogP contribution in [0, 0.1) is 0 Å². The number of amides is 1. The van der Waals surface area contributed by atoms with E-state index in [0.29, 0.717) is 16.7 Å². The van der Waals surface area contributed by atoms with Crippen LogP contribution in [0.4, 0.5) is 10.5 Å². The number of hydrogen-bond acceptors (Lipinski definition) is 13. The summed E-state index contributed by atoms with van der Waals surface area (Å²) in [5.74, 6) is -2.66. The van der Waals surface area contributed by atoms with Gasteiger partial charge in [-0.2, -0.15) is 5.10 Å². The predicted octanol–water partition coefficient (Wildman–Crippen LogP) is 5.90. The molecule has 0 spiro atoms. The van der Waals surface area contributed by atoms with E-state index in [1.54, 1.807) is 44.9 Å². The van der Waals surface area contributed by atoms with Gasteiger partial charge < -0.3 is 42.6 Å². The number of nitrogens with zero attached hydrogens (tertiary/aromatic N) is 4. The van der Waals surface area contributed by atoms with Gasteiger partial charge in [0.1, 0.15) is 29.1 Å². The lowest BCUT2D eigenvalue weighted by molar-refractivity contribution is -0.209. The number of fused-ring (bicyclic) bond motifs is 2. The molecular formula is C32H48ClN4O12P. The molecule has 2 aliphatic heterocycles.